The molecular weight excluding hydrogens is 857 g/mol. The SMILES string of the molecule is CC1(N)CCN(c2cnc(Sc3cccc(NC(=O)[C@H]4CCC[C@@H]4C(=O)N4CCN(CCCCCCCCC(=O)Nc5ccc6c(c5)C(=O)N(C5CCC(=O)NC5=O)C6)CC4)c3)cn2)CC1. The molecule has 8 rings (SSSR count). The number of benzene rings is 2. The first kappa shape index (κ1) is 47.1. The Morgan fingerprint density at radius 2 is 1.58 bits per heavy atom. The number of rotatable bonds is 17. The van der Waals surface area contributed by atoms with E-state index in [-0.39, 0.29) is 53.3 Å². The maximum Gasteiger partial charge on any atom is 0.255 e. The van der Waals surface area contributed by atoms with Gasteiger partial charge in [-0.1, -0.05) is 56.0 Å². The van der Waals surface area contributed by atoms with Gasteiger partial charge in [-0.3, -0.25) is 39.0 Å². The molecule has 4 aliphatic heterocycles. The average molecular weight is 921 g/mol. The summed E-state index contributed by atoms with van der Waals surface area (Å²) in [6.45, 7) is 8.17. The molecule has 5 N–H and O–H groups in total. The quantitative estimate of drug-likeness (QED) is 0.0970. The maximum atomic E-state index is 13.8. The van der Waals surface area contributed by atoms with E-state index >= 15 is 0 Å². The predicted molar refractivity (Wildman–Crippen MR) is 253 cm³/mol. The first-order chi connectivity index (χ1) is 31.9. The second-order valence-electron chi connectivity index (χ2n) is 19.0. The third-order valence-electron chi connectivity index (χ3n) is 14.0. The molecule has 1 unspecified atom stereocenters. The van der Waals surface area contributed by atoms with Gasteiger partial charge in [0, 0.05) is 97.9 Å². The number of piperidine rings is 2. The van der Waals surface area contributed by atoms with E-state index in [9.17, 15) is 28.8 Å². The van der Waals surface area contributed by atoms with Crippen molar-refractivity contribution in [3.8, 4) is 0 Å². The van der Waals surface area contributed by atoms with Crippen molar-refractivity contribution >= 4 is 64.4 Å². The molecule has 1 aromatic heterocycles. The number of carbonyl (C=O) groups is 6. The third kappa shape index (κ3) is 11.9. The molecule has 2 aromatic carbocycles. The van der Waals surface area contributed by atoms with Crippen LogP contribution in [0.15, 0.2) is 64.8 Å². The molecule has 3 saturated heterocycles. The van der Waals surface area contributed by atoms with Gasteiger partial charge in [0.2, 0.25) is 29.5 Å². The van der Waals surface area contributed by atoms with Crippen molar-refractivity contribution in [2.45, 2.75) is 125 Å². The fraction of sp³-hybridized carbons (Fsp3) is 0.551. The van der Waals surface area contributed by atoms with Crippen LogP contribution in [0.25, 0.3) is 0 Å². The summed E-state index contributed by atoms with van der Waals surface area (Å²) in [5.41, 5.74) is 8.71. The van der Waals surface area contributed by atoms with Gasteiger partial charge in [-0.05, 0) is 94.3 Å². The van der Waals surface area contributed by atoms with E-state index < -0.39 is 11.9 Å². The zero-order valence-electron chi connectivity index (χ0n) is 38.1. The van der Waals surface area contributed by atoms with E-state index in [1.165, 1.54) is 16.7 Å². The van der Waals surface area contributed by atoms with Crippen LogP contribution in [0.3, 0.4) is 0 Å². The molecule has 5 heterocycles. The van der Waals surface area contributed by atoms with E-state index in [0.717, 1.165) is 118 Å². The number of nitrogens with two attached hydrogens (primary N) is 1. The van der Waals surface area contributed by atoms with Crippen LogP contribution >= 0.6 is 11.8 Å². The van der Waals surface area contributed by atoms with Gasteiger partial charge in [-0.15, -0.1) is 0 Å². The molecule has 352 valence electrons. The zero-order valence-corrected chi connectivity index (χ0v) is 38.9. The number of imide groups is 1. The fourth-order valence-electron chi connectivity index (χ4n) is 9.94. The van der Waals surface area contributed by atoms with Crippen molar-refractivity contribution in [3.05, 3.63) is 66.0 Å². The predicted octanol–water partition coefficient (Wildman–Crippen LogP) is 5.57. The lowest BCUT2D eigenvalue weighted by Gasteiger charge is -2.37. The normalized spacial score (nSPS) is 22.0. The van der Waals surface area contributed by atoms with Crippen LogP contribution in [0, 0.1) is 11.8 Å². The first-order valence-corrected chi connectivity index (χ1v) is 24.7. The second kappa shape index (κ2) is 21.5. The number of amides is 6. The van der Waals surface area contributed by atoms with Crippen molar-refractivity contribution in [2.24, 2.45) is 17.6 Å². The van der Waals surface area contributed by atoms with Crippen LogP contribution in [-0.4, -0.2) is 118 Å². The van der Waals surface area contributed by atoms with Crippen LogP contribution in [-0.2, 0) is 30.5 Å². The standard InChI is InChI=1S/C49H64N10O6S/c1-49(50)19-22-57(23-20-49)41-30-52-44(31-51-41)66-36-11-8-10-34(28-36)54-45(62)37-12-9-13-38(37)47(64)58-26-24-56(25-27-58)21-7-5-3-2-4-6-14-42(60)53-35-16-15-33-32-59(48(65)39(33)29-35)40-17-18-43(61)55-46(40)63/h8,10-11,15-16,28-31,37-38,40H,2-7,9,12-14,17-27,32,50H2,1H3,(H,53,60)(H,54,62)(H,55,61,63)/t37-,38-,40?/m0/s1. The first-order valence-electron chi connectivity index (χ1n) is 23.9. The summed E-state index contributed by atoms with van der Waals surface area (Å²) in [5, 5.41) is 9.13. The Labute approximate surface area is 391 Å². The lowest BCUT2D eigenvalue weighted by atomic mass is 9.91. The highest BCUT2D eigenvalue weighted by Crippen LogP contribution is 2.36. The molecule has 66 heavy (non-hydrogen) atoms. The van der Waals surface area contributed by atoms with Gasteiger partial charge in [0.1, 0.15) is 16.9 Å². The number of hydrogen-bond donors (Lipinski definition) is 4. The molecule has 3 atom stereocenters. The third-order valence-corrected chi connectivity index (χ3v) is 14.9. The number of nitrogens with zero attached hydrogens (tertiary/aromatic N) is 6. The van der Waals surface area contributed by atoms with Gasteiger partial charge >= 0.3 is 0 Å². The number of fused-ring (bicyclic) bond motifs is 1. The molecule has 0 spiro atoms. The van der Waals surface area contributed by atoms with Gasteiger partial charge in [-0.2, -0.15) is 0 Å². The molecule has 1 saturated carbocycles. The number of piperazine rings is 1. The summed E-state index contributed by atoms with van der Waals surface area (Å²) in [7, 11) is 0. The summed E-state index contributed by atoms with van der Waals surface area (Å²) >= 11 is 1.50. The highest BCUT2D eigenvalue weighted by Gasteiger charge is 2.41. The monoisotopic (exact) mass is 920 g/mol. The highest BCUT2D eigenvalue weighted by atomic mass is 32.2. The number of anilines is 3. The van der Waals surface area contributed by atoms with Crippen LogP contribution in [0.5, 0.6) is 0 Å². The minimum absolute atomic E-state index is 0.0914. The van der Waals surface area contributed by atoms with Crippen molar-refractivity contribution in [3.63, 3.8) is 0 Å². The number of aromatic nitrogens is 2. The number of unbranched alkanes of at least 4 members (excludes halogenated alkanes) is 5. The molecule has 4 fully saturated rings. The van der Waals surface area contributed by atoms with Gasteiger partial charge in [0.25, 0.3) is 5.91 Å². The largest absolute Gasteiger partial charge is 0.355 e. The summed E-state index contributed by atoms with van der Waals surface area (Å²) in [6, 6.07) is 12.4. The Morgan fingerprint density at radius 1 is 0.833 bits per heavy atom. The second-order valence-corrected chi connectivity index (χ2v) is 20.1. The molecule has 17 heteroatoms. The van der Waals surface area contributed by atoms with E-state index in [1.54, 1.807) is 18.3 Å². The average Bonchev–Trinajstić information content (AvgIpc) is 3.93. The van der Waals surface area contributed by atoms with Crippen LogP contribution in [0.1, 0.15) is 113 Å². The number of hydrogen-bond acceptors (Lipinski definition) is 12. The lowest BCUT2D eigenvalue weighted by molar-refractivity contribution is -0.141. The Morgan fingerprint density at radius 3 is 2.33 bits per heavy atom. The number of carbonyl (C=O) groups excluding carboxylic acids is 6. The Kier molecular flexibility index (Phi) is 15.3. The zero-order chi connectivity index (χ0) is 46.2. The van der Waals surface area contributed by atoms with Gasteiger partial charge in [0.15, 0.2) is 0 Å². The van der Waals surface area contributed by atoms with Crippen molar-refractivity contribution < 1.29 is 28.8 Å². The van der Waals surface area contributed by atoms with Gasteiger partial charge < -0.3 is 31.1 Å². The molecule has 16 nitrogen and oxygen atoms in total. The van der Waals surface area contributed by atoms with Crippen molar-refractivity contribution in [2.75, 3.05) is 61.3 Å². The molecule has 0 radical (unpaired) electrons. The smallest absolute Gasteiger partial charge is 0.255 e. The molecule has 3 aromatic rings. The Balaban J connectivity index is 0.683. The van der Waals surface area contributed by atoms with Crippen LogP contribution in [0.4, 0.5) is 17.2 Å². The van der Waals surface area contributed by atoms with Gasteiger partial charge in [0.05, 0.1) is 12.4 Å². The molecule has 0 bridgehead atoms. The topological polar surface area (TPSA) is 203 Å². The Bertz CT molecular complexity index is 2260. The molecule has 1 aliphatic carbocycles. The minimum Gasteiger partial charge on any atom is -0.355 e. The molecule has 6 amide bonds. The van der Waals surface area contributed by atoms with Crippen molar-refractivity contribution in [1.29, 1.82) is 0 Å². The van der Waals surface area contributed by atoms with E-state index in [0.29, 0.717) is 55.8 Å². The van der Waals surface area contributed by atoms with Crippen LogP contribution in [0.2, 0.25) is 0 Å². The summed E-state index contributed by atoms with van der Waals surface area (Å²) in [4.78, 5) is 95.5. The lowest BCUT2D eigenvalue weighted by Crippen LogP contribution is -2.52. The minimum atomic E-state index is -0.669. The molecule has 5 aliphatic rings. The summed E-state index contributed by atoms with van der Waals surface area (Å²) in [5.74, 6) is -0.880. The van der Waals surface area contributed by atoms with Crippen molar-refractivity contribution in [1.82, 2.24) is 30.0 Å². The van der Waals surface area contributed by atoms with E-state index in [2.05, 4.69) is 42.6 Å². The Hall–Kier alpha value is -5.39. The summed E-state index contributed by atoms with van der Waals surface area (Å²) in [6.07, 6.45) is 14.8. The summed E-state index contributed by atoms with van der Waals surface area (Å²) < 4.78 is 0. The van der Waals surface area contributed by atoms with Crippen LogP contribution < -0.4 is 26.6 Å². The fourth-order valence-corrected chi connectivity index (χ4v) is 10.7. The number of nitrogens with one attached hydrogen (secondary N) is 3. The molecular formula is C49H64N10O6S. The van der Waals surface area contributed by atoms with E-state index in [1.807, 2.05) is 41.4 Å². The van der Waals surface area contributed by atoms with E-state index in [4.69, 9.17) is 5.73 Å². The maximum absolute atomic E-state index is 13.8. The highest BCUT2D eigenvalue weighted by molar-refractivity contribution is 7.99. The van der Waals surface area contributed by atoms with Gasteiger partial charge in [-0.25, -0.2) is 9.97 Å².